The van der Waals surface area contributed by atoms with Crippen LogP contribution in [0.3, 0.4) is 0 Å². The number of carbonyl (C=O) groups excluding carboxylic acids is 2. The van der Waals surface area contributed by atoms with Crippen LogP contribution >= 0.6 is 11.3 Å². The summed E-state index contributed by atoms with van der Waals surface area (Å²) in [7, 11) is 1.86. The highest BCUT2D eigenvalue weighted by Crippen LogP contribution is 2.38. The number of anilines is 1. The summed E-state index contributed by atoms with van der Waals surface area (Å²) >= 11 is 1.39. The first-order chi connectivity index (χ1) is 17.5. The Balaban J connectivity index is 1.33. The van der Waals surface area contributed by atoms with Gasteiger partial charge in [-0.15, -0.1) is 11.3 Å². The first-order valence-electron chi connectivity index (χ1n) is 11.9. The molecule has 0 radical (unpaired) electrons. The minimum Gasteiger partial charge on any atom is -0.494 e. The number of fused-ring (bicyclic) bond motifs is 1. The van der Waals surface area contributed by atoms with Gasteiger partial charge in [0.1, 0.15) is 22.9 Å². The van der Waals surface area contributed by atoms with Crippen molar-refractivity contribution >= 4 is 28.3 Å². The van der Waals surface area contributed by atoms with Crippen LogP contribution in [-0.2, 0) is 42.4 Å². The van der Waals surface area contributed by atoms with E-state index in [-0.39, 0.29) is 18.4 Å². The molecule has 2 aromatic heterocycles. The maximum Gasteiger partial charge on any atom is 0.407 e. The number of carbonyl (C=O) groups is 2. The summed E-state index contributed by atoms with van der Waals surface area (Å²) in [5.41, 5.74) is 3.17. The molecule has 36 heavy (non-hydrogen) atoms. The predicted octanol–water partition coefficient (Wildman–Crippen LogP) is 4.11. The Morgan fingerprint density at radius 1 is 1.33 bits per heavy atom. The minimum absolute atomic E-state index is 0.155. The Kier molecular flexibility index (Phi) is 8.23. The number of nitriles is 1. The van der Waals surface area contributed by atoms with E-state index < -0.39 is 6.09 Å². The van der Waals surface area contributed by atoms with E-state index >= 15 is 0 Å². The molecule has 0 spiro atoms. The molecule has 1 atom stereocenters. The number of para-hydroxylation sites is 1. The van der Waals surface area contributed by atoms with Gasteiger partial charge in [-0.1, -0.05) is 18.2 Å². The van der Waals surface area contributed by atoms with Gasteiger partial charge >= 0.3 is 6.09 Å². The number of ether oxygens (including phenoxy) is 2. The molecule has 1 aliphatic carbocycles. The fourth-order valence-electron chi connectivity index (χ4n) is 4.22. The number of hydrogen-bond acceptors (Lipinski definition) is 7. The highest BCUT2D eigenvalue weighted by molar-refractivity contribution is 7.16. The van der Waals surface area contributed by atoms with E-state index in [1.54, 1.807) is 6.33 Å². The number of rotatable bonds is 9. The van der Waals surface area contributed by atoms with Gasteiger partial charge in [0.25, 0.3) is 0 Å². The van der Waals surface area contributed by atoms with Crippen molar-refractivity contribution in [3.8, 4) is 11.8 Å². The van der Waals surface area contributed by atoms with E-state index in [1.807, 2.05) is 49.0 Å². The van der Waals surface area contributed by atoms with Gasteiger partial charge in [0.15, 0.2) is 0 Å². The van der Waals surface area contributed by atoms with Crippen LogP contribution in [0.2, 0.25) is 0 Å². The van der Waals surface area contributed by atoms with Crippen LogP contribution in [-0.4, -0.2) is 34.3 Å². The first kappa shape index (κ1) is 25.3. The fourth-order valence-corrected chi connectivity index (χ4v) is 5.50. The number of nitrogens with zero attached hydrogens (tertiary/aromatic N) is 3. The summed E-state index contributed by atoms with van der Waals surface area (Å²) in [6.45, 7) is 2.78. The van der Waals surface area contributed by atoms with Gasteiger partial charge in [-0.25, -0.2) is 9.78 Å². The zero-order valence-corrected chi connectivity index (χ0v) is 21.2. The quantitative estimate of drug-likeness (QED) is 0.450. The molecular weight excluding hydrogens is 478 g/mol. The zero-order valence-electron chi connectivity index (χ0n) is 20.4. The Morgan fingerprint density at radius 3 is 2.92 bits per heavy atom. The summed E-state index contributed by atoms with van der Waals surface area (Å²) in [5.74, 6) is 0.630. The number of aryl methyl sites for hydroxylation is 2. The molecule has 1 aliphatic rings. The molecule has 188 valence electrons. The lowest BCUT2D eigenvalue weighted by atomic mass is 9.94. The van der Waals surface area contributed by atoms with Crippen LogP contribution in [0, 0.1) is 11.3 Å². The predicted molar refractivity (Wildman–Crippen MR) is 136 cm³/mol. The third kappa shape index (κ3) is 6.23. The zero-order chi connectivity index (χ0) is 25.5. The van der Waals surface area contributed by atoms with Crippen molar-refractivity contribution in [2.24, 2.45) is 7.05 Å². The number of benzene rings is 1. The maximum atomic E-state index is 12.7. The van der Waals surface area contributed by atoms with Gasteiger partial charge in [-0.3, -0.25) is 4.79 Å². The number of hydrogen-bond donors (Lipinski definition) is 2. The van der Waals surface area contributed by atoms with E-state index in [9.17, 15) is 14.9 Å². The van der Waals surface area contributed by atoms with Gasteiger partial charge in [0, 0.05) is 31.0 Å². The second kappa shape index (κ2) is 11.7. The Labute approximate surface area is 214 Å². The first-order valence-corrected chi connectivity index (χ1v) is 12.7. The molecule has 9 nitrogen and oxygen atoms in total. The van der Waals surface area contributed by atoms with E-state index in [4.69, 9.17) is 9.47 Å². The number of nitrogens with one attached hydrogen (secondary N) is 2. The van der Waals surface area contributed by atoms with Crippen molar-refractivity contribution in [3.63, 3.8) is 0 Å². The molecule has 4 rings (SSSR count). The van der Waals surface area contributed by atoms with E-state index in [0.717, 1.165) is 27.4 Å². The van der Waals surface area contributed by atoms with E-state index in [2.05, 4.69) is 21.7 Å². The molecule has 2 amide bonds. The number of thiophene rings is 1. The number of aromatic nitrogens is 2. The average Bonchev–Trinajstić information content (AvgIpc) is 3.44. The standard InChI is InChI=1S/C26H29N5O4S/c1-3-34-22-7-5-4-6-17(22)8-11-24(32)30-25-21(13-27)20-10-9-19(12-23(20)36-25)35-26(33)28-14-18-15-31(2)16-29-18/h4-7,15-16,19H,3,8-12,14H2,1-2H3,(H,28,33)(H,30,32). The number of amides is 2. The second-order valence-electron chi connectivity index (χ2n) is 8.56. The van der Waals surface area contributed by atoms with Crippen LogP contribution in [0.25, 0.3) is 0 Å². The number of imidazole rings is 1. The Morgan fingerprint density at radius 2 is 2.17 bits per heavy atom. The molecule has 3 aromatic rings. The Hall–Kier alpha value is -3.84. The smallest absolute Gasteiger partial charge is 0.407 e. The normalized spacial score (nSPS) is 14.4. The molecule has 2 heterocycles. The third-order valence-corrected chi connectivity index (χ3v) is 7.09. The minimum atomic E-state index is -0.493. The van der Waals surface area contributed by atoms with E-state index in [0.29, 0.717) is 49.4 Å². The molecule has 0 saturated carbocycles. The van der Waals surface area contributed by atoms with Crippen molar-refractivity contribution in [2.45, 2.75) is 51.7 Å². The molecule has 1 aromatic carbocycles. The van der Waals surface area contributed by atoms with Gasteiger partial charge in [-0.2, -0.15) is 5.26 Å². The van der Waals surface area contributed by atoms with Crippen molar-refractivity contribution in [1.29, 1.82) is 5.26 Å². The lowest BCUT2D eigenvalue weighted by Gasteiger charge is -2.22. The van der Waals surface area contributed by atoms with Gasteiger partial charge < -0.3 is 24.7 Å². The lowest BCUT2D eigenvalue weighted by molar-refractivity contribution is -0.116. The van der Waals surface area contributed by atoms with Crippen LogP contribution in [0.15, 0.2) is 36.8 Å². The van der Waals surface area contributed by atoms with Crippen molar-refractivity contribution < 1.29 is 19.1 Å². The SMILES string of the molecule is CCOc1ccccc1CCC(=O)Nc1sc2c(c1C#N)CCC(OC(=O)NCc1cn(C)cn1)C2. The topological polar surface area (TPSA) is 118 Å². The summed E-state index contributed by atoms with van der Waals surface area (Å²) in [6, 6.07) is 9.94. The van der Waals surface area contributed by atoms with Gasteiger partial charge in [0.2, 0.25) is 5.91 Å². The molecule has 0 saturated heterocycles. The summed E-state index contributed by atoms with van der Waals surface area (Å²) in [5, 5.41) is 16.0. The summed E-state index contributed by atoms with van der Waals surface area (Å²) < 4.78 is 13.0. The maximum absolute atomic E-state index is 12.7. The molecule has 0 fully saturated rings. The largest absolute Gasteiger partial charge is 0.494 e. The second-order valence-corrected chi connectivity index (χ2v) is 9.67. The van der Waals surface area contributed by atoms with E-state index in [1.165, 1.54) is 11.3 Å². The molecule has 0 bridgehead atoms. The molecule has 2 N–H and O–H groups in total. The third-order valence-electron chi connectivity index (χ3n) is 5.92. The van der Waals surface area contributed by atoms with Gasteiger partial charge in [-0.05, 0) is 43.4 Å². The molecular formula is C26H29N5O4S. The Bertz CT molecular complexity index is 1280. The van der Waals surface area contributed by atoms with Crippen LogP contribution in [0.4, 0.5) is 9.80 Å². The van der Waals surface area contributed by atoms with Crippen LogP contribution in [0.5, 0.6) is 5.75 Å². The average molecular weight is 508 g/mol. The van der Waals surface area contributed by atoms with Crippen LogP contribution in [0.1, 0.15) is 47.0 Å². The highest BCUT2D eigenvalue weighted by atomic mass is 32.1. The van der Waals surface area contributed by atoms with Crippen molar-refractivity contribution in [1.82, 2.24) is 14.9 Å². The highest BCUT2D eigenvalue weighted by Gasteiger charge is 2.28. The monoisotopic (exact) mass is 507 g/mol. The number of alkyl carbamates (subject to hydrolysis) is 1. The summed E-state index contributed by atoms with van der Waals surface area (Å²) in [4.78, 5) is 30.1. The van der Waals surface area contributed by atoms with Crippen molar-refractivity contribution in [3.05, 3.63) is 64.1 Å². The summed E-state index contributed by atoms with van der Waals surface area (Å²) in [6.07, 6.45) is 5.29. The molecule has 0 aliphatic heterocycles. The lowest BCUT2D eigenvalue weighted by Crippen LogP contribution is -2.31. The van der Waals surface area contributed by atoms with Crippen molar-refractivity contribution in [2.75, 3.05) is 11.9 Å². The molecule has 10 heteroatoms. The molecule has 1 unspecified atom stereocenters. The fraction of sp³-hybridized carbons (Fsp3) is 0.385. The van der Waals surface area contributed by atoms with Gasteiger partial charge in [0.05, 0.1) is 30.7 Å². The van der Waals surface area contributed by atoms with Crippen LogP contribution < -0.4 is 15.4 Å².